The van der Waals surface area contributed by atoms with Gasteiger partial charge in [0.05, 0.1) is 16.5 Å². The van der Waals surface area contributed by atoms with Gasteiger partial charge in [0.25, 0.3) is 0 Å². The van der Waals surface area contributed by atoms with Crippen molar-refractivity contribution in [1.29, 1.82) is 0 Å². The van der Waals surface area contributed by atoms with Gasteiger partial charge < -0.3 is 21.1 Å². The van der Waals surface area contributed by atoms with Crippen LogP contribution in [0, 0.1) is 28.8 Å². The zero-order valence-electron chi connectivity index (χ0n) is 22.0. The van der Waals surface area contributed by atoms with Gasteiger partial charge in [-0.3, -0.25) is 9.59 Å². The number of anilines is 1. The van der Waals surface area contributed by atoms with Crippen LogP contribution < -0.4 is 16.0 Å². The second-order valence-electron chi connectivity index (χ2n) is 11.6. The number of hydrogen-bond donors (Lipinski definition) is 4. The van der Waals surface area contributed by atoms with Crippen molar-refractivity contribution in [3.8, 4) is 0 Å². The van der Waals surface area contributed by atoms with Crippen LogP contribution in [0.1, 0.15) is 58.4 Å². The predicted molar refractivity (Wildman–Crippen MR) is 141 cm³/mol. The molecular formula is C28H35ClF3N3O3. The zero-order valence-corrected chi connectivity index (χ0v) is 22.7. The van der Waals surface area contributed by atoms with Crippen molar-refractivity contribution < 1.29 is 27.9 Å². The summed E-state index contributed by atoms with van der Waals surface area (Å²) in [5, 5.41) is 17.7. The normalized spacial score (nSPS) is 26.6. The van der Waals surface area contributed by atoms with E-state index in [2.05, 4.69) is 36.7 Å². The van der Waals surface area contributed by atoms with Crippen LogP contribution >= 0.6 is 11.6 Å². The number of halogens is 4. The van der Waals surface area contributed by atoms with E-state index in [-0.39, 0.29) is 34.0 Å². The Bertz CT molecular complexity index is 1150. The van der Waals surface area contributed by atoms with E-state index in [4.69, 9.17) is 16.7 Å². The minimum Gasteiger partial charge on any atom is -0.390 e. The van der Waals surface area contributed by atoms with Crippen LogP contribution in [0.15, 0.2) is 36.4 Å². The Morgan fingerprint density at radius 3 is 2.45 bits per heavy atom. The number of carbonyl (C=O) groups excluding carboxylic acids is 2. The SMILES string of the molecule is CC(C)(C)CC1NCC(c2cccc(F)c2F)C1C(=O)Nc1ccc(F)c(Cl)c1.CC1(O)CC(NC=O)C1. The predicted octanol–water partition coefficient (Wildman–Crippen LogP) is 5.15. The van der Waals surface area contributed by atoms with E-state index in [9.17, 15) is 22.8 Å². The molecule has 1 saturated heterocycles. The van der Waals surface area contributed by atoms with Gasteiger partial charge in [-0.25, -0.2) is 13.2 Å². The van der Waals surface area contributed by atoms with Crippen molar-refractivity contribution in [3.63, 3.8) is 0 Å². The van der Waals surface area contributed by atoms with E-state index in [1.165, 1.54) is 30.3 Å². The van der Waals surface area contributed by atoms with Crippen LogP contribution in [0.4, 0.5) is 18.9 Å². The van der Waals surface area contributed by atoms with Crippen LogP contribution in [0.2, 0.25) is 5.02 Å². The standard InChI is InChI=1S/C22H24ClF3N2O.C6H11NO2/c1-22(2,3)10-18-19(21(29)28-12-7-8-16(24)15(23)9-12)14(11-27-18)13-5-4-6-17(25)20(13)26;1-6(9)2-5(3-6)7-4-8/h4-9,14,18-19,27H,10-11H2,1-3H3,(H,28,29);4-5,9H,2-3H2,1H3,(H,7,8). The lowest BCUT2D eigenvalue weighted by atomic mass is 9.77. The van der Waals surface area contributed by atoms with E-state index in [1.807, 2.05) is 0 Å². The molecule has 6 nitrogen and oxygen atoms in total. The first kappa shape index (κ1) is 29.9. The summed E-state index contributed by atoms with van der Waals surface area (Å²) in [6.45, 7) is 8.29. The highest BCUT2D eigenvalue weighted by molar-refractivity contribution is 6.31. The summed E-state index contributed by atoms with van der Waals surface area (Å²) in [5.74, 6) is -3.97. The van der Waals surface area contributed by atoms with E-state index in [1.54, 1.807) is 6.92 Å². The average molecular weight is 554 g/mol. The Balaban J connectivity index is 0.000000375. The second-order valence-corrected chi connectivity index (χ2v) is 12.0. The summed E-state index contributed by atoms with van der Waals surface area (Å²) in [6, 6.07) is 7.91. The highest BCUT2D eigenvalue weighted by atomic mass is 35.5. The Labute approximate surface area is 226 Å². The molecule has 4 rings (SSSR count). The third-order valence-corrected chi connectivity index (χ3v) is 7.14. The Morgan fingerprint density at radius 2 is 1.87 bits per heavy atom. The maximum absolute atomic E-state index is 14.5. The van der Waals surface area contributed by atoms with Gasteiger partial charge in [-0.15, -0.1) is 0 Å². The molecule has 2 aromatic carbocycles. The summed E-state index contributed by atoms with van der Waals surface area (Å²) in [4.78, 5) is 23.0. The first-order chi connectivity index (χ1) is 17.7. The number of aliphatic hydroxyl groups is 1. The van der Waals surface area contributed by atoms with Crippen LogP contribution in [0.25, 0.3) is 0 Å². The van der Waals surface area contributed by atoms with E-state index in [0.29, 0.717) is 37.9 Å². The van der Waals surface area contributed by atoms with Crippen LogP contribution in [-0.2, 0) is 9.59 Å². The third kappa shape index (κ3) is 7.71. The molecule has 10 heteroatoms. The van der Waals surface area contributed by atoms with Gasteiger partial charge >= 0.3 is 0 Å². The molecule has 208 valence electrons. The molecule has 0 bridgehead atoms. The van der Waals surface area contributed by atoms with Gasteiger partial charge in [0, 0.05) is 30.2 Å². The van der Waals surface area contributed by atoms with Gasteiger partial charge in [0.1, 0.15) is 5.82 Å². The Kier molecular flexibility index (Phi) is 9.49. The molecule has 0 radical (unpaired) electrons. The topological polar surface area (TPSA) is 90.5 Å². The molecule has 4 N–H and O–H groups in total. The maximum Gasteiger partial charge on any atom is 0.229 e. The summed E-state index contributed by atoms with van der Waals surface area (Å²) >= 11 is 5.81. The van der Waals surface area contributed by atoms with Crippen molar-refractivity contribution in [1.82, 2.24) is 10.6 Å². The number of amides is 2. The molecule has 2 aromatic rings. The van der Waals surface area contributed by atoms with Crippen molar-refractivity contribution in [3.05, 3.63) is 64.4 Å². The van der Waals surface area contributed by atoms with E-state index in [0.717, 1.165) is 6.07 Å². The first-order valence-corrected chi connectivity index (χ1v) is 12.9. The molecule has 2 fully saturated rings. The summed E-state index contributed by atoms with van der Waals surface area (Å²) in [7, 11) is 0. The molecule has 1 heterocycles. The highest BCUT2D eigenvalue weighted by Gasteiger charge is 2.44. The minimum atomic E-state index is -0.939. The zero-order chi connectivity index (χ0) is 28.3. The number of benzene rings is 2. The van der Waals surface area contributed by atoms with Crippen LogP contribution in [0.3, 0.4) is 0 Å². The molecular weight excluding hydrogens is 519 g/mol. The molecule has 0 aromatic heterocycles. The first-order valence-electron chi connectivity index (χ1n) is 12.6. The van der Waals surface area contributed by atoms with Crippen molar-refractivity contribution >= 4 is 29.6 Å². The molecule has 2 aliphatic rings. The van der Waals surface area contributed by atoms with Crippen molar-refractivity contribution in [2.75, 3.05) is 11.9 Å². The van der Waals surface area contributed by atoms with E-state index >= 15 is 0 Å². The fraction of sp³-hybridized carbons (Fsp3) is 0.500. The van der Waals surface area contributed by atoms with Crippen molar-refractivity contribution in [2.24, 2.45) is 11.3 Å². The summed E-state index contributed by atoms with van der Waals surface area (Å²) in [6.07, 6.45) is 2.72. The Morgan fingerprint density at radius 1 is 1.18 bits per heavy atom. The van der Waals surface area contributed by atoms with Crippen LogP contribution in [-0.4, -0.2) is 41.7 Å². The lowest BCUT2D eigenvalue weighted by Crippen LogP contribution is -2.51. The van der Waals surface area contributed by atoms with Crippen LogP contribution in [0.5, 0.6) is 0 Å². The fourth-order valence-electron chi connectivity index (χ4n) is 5.16. The quantitative estimate of drug-likeness (QED) is 0.372. The third-order valence-electron chi connectivity index (χ3n) is 6.85. The molecule has 3 atom stereocenters. The number of nitrogens with one attached hydrogen (secondary N) is 3. The van der Waals surface area contributed by atoms with Gasteiger partial charge in [0.15, 0.2) is 11.6 Å². The van der Waals surface area contributed by atoms with Gasteiger partial charge in [0.2, 0.25) is 12.3 Å². The maximum atomic E-state index is 14.5. The van der Waals surface area contributed by atoms with Gasteiger partial charge in [-0.1, -0.05) is 44.5 Å². The largest absolute Gasteiger partial charge is 0.390 e. The van der Waals surface area contributed by atoms with Crippen molar-refractivity contribution in [2.45, 2.75) is 70.6 Å². The lowest BCUT2D eigenvalue weighted by Gasteiger charge is -2.40. The molecule has 1 aliphatic carbocycles. The second kappa shape index (κ2) is 12.1. The van der Waals surface area contributed by atoms with Gasteiger partial charge in [-0.2, -0.15) is 0 Å². The summed E-state index contributed by atoms with van der Waals surface area (Å²) in [5.41, 5.74) is -0.0849. The average Bonchev–Trinajstić information content (AvgIpc) is 3.19. The Hall–Kier alpha value is -2.62. The van der Waals surface area contributed by atoms with E-state index < -0.39 is 34.9 Å². The molecule has 2 amide bonds. The molecule has 38 heavy (non-hydrogen) atoms. The highest BCUT2D eigenvalue weighted by Crippen LogP contribution is 2.39. The number of rotatable bonds is 6. The lowest BCUT2D eigenvalue weighted by molar-refractivity contribution is -0.120. The minimum absolute atomic E-state index is 0.0786. The number of carbonyl (C=O) groups is 2. The molecule has 0 spiro atoms. The molecule has 3 unspecified atom stereocenters. The number of hydrogen-bond acceptors (Lipinski definition) is 4. The summed E-state index contributed by atoms with van der Waals surface area (Å²) < 4.78 is 41.7. The monoisotopic (exact) mass is 553 g/mol. The smallest absolute Gasteiger partial charge is 0.229 e. The molecule has 1 aliphatic heterocycles. The fourth-order valence-corrected chi connectivity index (χ4v) is 5.34. The molecule has 1 saturated carbocycles. The van der Waals surface area contributed by atoms with Gasteiger partial charge in [-0.05, 0) is 61.4 Å².